The Morgan fingerprint density at radius 1 is 1.50 bits per heavy atom. The number of hydrogen-bond acceptors (Lipinski definition) is 3. The Balaban J connectivity index is 0. The van der Waals surface area contributed by atoms with Gasteiger partial charge >= 0.3 is 44.3 Å². The summed E-state index contributed by atoms with van der Waals surface area (Å²) in [6, 6.07) is 0. The van der Waals surface area contributed by atoms with Crippen LogP contribution in [0, 0.1) is 0 Å². The van der Waals surface area contributed by atoms with Gasteiger partial charge in [0.1, 0.15) is 0 Å². The van der Waals surface area contributed by atoms with Crippen molar-refractivity contribution in [3.8, 4) is 0 Å². The Bertz CT molecular complexity index is 188. The van der Waals surface area contributed by atoms with E-state index in [1.807, 2.05) is 6.08 Å². The van der Waals surface area contributed by atoms with Crippen LogP contribution in [0.1, 0.15) is 6.42 Å². The number of aliphatic hydroxyl groups is 1. The predicted octanol–water partition coefficient (Wildman–Crippen LogP) is 0.0158. The molecule has 0 radical (unpaired) electrons. The third-order valence-electron chi connectivity index (χ3n) is 0.849. The first-order chi connectivity index (χ1) is 5.47. The van der Waals surface area contributed by atoms with E-state index in [1.165, 1.54) is 31.6 Å². The molecule has 68 valence electrons. The average Bonchev–Trinajstić information content (AvgIpc) is 2.00. The molecule has 0 aliphatic rings. The predicted molar refractivity (Wildman–Crippen MR) is 48.9 cm³/mol. The van der Waals surface area contributed by atoms with Gasteiger partial charge in [0.05, 0.1) is 5.75 Å². The van der Waals surface area contributed by atoms with Gasteiger partial charge in [-0.15, -0.1) is 0 Å². The van der Waals surface area contributed by atoms with Gasteiger partial charge in [-0.1, -0.05) is 0 Å². The van der Waals surface area contributed by atoms with Crippen LogP contribution in [0.5, 0.6) is 0 Å². The van der Waals surface area contributed by atoms with Crippen LogP contribution in [0.4, 0.5) is 0 Å². The molecule has 6 heteroatoms. The molecule has 0 aliphatic heterocycles. The Morgan fingerprint density at radius 2 is 1.92 bits per heavy atom. The van der Waals surface area contributed by atoms with Gasteiger partial charge in [0.15, 0.2) is 0 Å². The molecule has 0 aromatic carbocycles. The van der Waals surface area contributed by atoms with Crippen LogP contribution < -0.4 is 0 Å². The molecule has 0 saturated heterocycles. The van der Waals surface area contributed by atoms with Crippen molar-refractivity contribution in [2.45, 2.75) is 10.1 Å². The van der Waals surface area contributed by atoms with Crippen molar-refractivity contribution >= 4 is 38.0 Å². The minimum Gasteiger partial charge on any atom is -0.396 e. The molecule has 0 saturated carbocycles. The van der Waals surface area contributed by atoms with E-state index in [1.54, 1.807) is 0 Å². The minimum atomic E-state index is -3.85. The van der Waals surface area contributed by atoms with E-state index in [0.29, 0.717) is 0 Å². The fourth-order valence-electron chi connectivity index (χ4n) is 0.247. The van der Waals surface area contributed by atoms with E-state index in [4.69, 9.17) is 9.66 Å². The first-order valence-corrected chi connectivity index (χ1v) is 6.67. The Labute approximate surface area is 90.8 Å². The second-order valence-corrected chi connectivity index (χ2v) is 4.45. The Kier molecular flexibility index (Phi) is 12.2. The third-order valence-corrected chi connectivity index (χ3v) is 2.23. The molecule has 4 nitrogen and oxygen atoms in total. The molecule has 0 spiro atoms. The van der Waals surface area contributed by atoms with Gasteiger partial charge in [0.2, 0.25) is 0 Å². The Hall–Kier alpha value is 0.610. The van der Waals surface area contributed by atoms with Crippen molar-refractivity contribution in [3.05, 3.63) is 12.7 Å². The minimum absolute atomic E-state index is 0.0961. The summed E-state index contributed by atoms with van der Waals surface area (Å²) in [4.78, 5) is 0. The maximum atomic E-state index is 9.83. The standard InChI is InChI=1S/C3H8O4S.C3H5.Na/c4-2-1-3-8(5,6)7;1-3-2;/h4H,1-3H2,(H,5,6,7);3H,1-2H2;. The summed E-state index contributed by atoms with van der Waals surface area (Å²) in [5.74, 6) is -0.358. The van der Waals surface area contributed by atoms with E-state index in [0.717, 1.165) is 0 Å². The number of allylic oxidation sites excluding steroid dienone is 1. The second kappa shape index (κ2) is 9.70. The van der Waals surface area contributed by atoms with E-state index in [9.17, 15) is 8.42 Å². The van der Waals surface area contributed by atoms with Crippen molar-refractivity contribution in [2.24, 2.45) is 0 Å². The number of hydrogen-bond donors (Lipinski definition) is 2. The average molecular weight is 204 g/mol. The third kappa shape index (κ3) is 22.4. The Morgan fingerprint density at radius 3 is 2.00 bits per heavy atom. The fourth-order valence-corrected chi connectivity index (χ4v) is 0.741. The molecule has 0 aromatic heterocycles. The van der Waals surface area contributed by atoms with Gasteiger partial charge in [0.25, 0.3) is 10.1 Å². The zero-order valence-electron chi connectivity index (χ0n) is 7.23. The molecule has 0 amide bonds. The zero-order valence-corrected chi connectivity index (χ0v) is 10.0. The molecular weight excluding hydrogens is 191 g/mol. The van der Waals surface area contributed by atoms with Gasteiger partial charge in [-0.25, -0.2) is 0 Å². The normalized spacial score (nSPS) is 10.0. The molecule has 0 heterocycles. The molecule has 0 bridgehead atoms. The van der Waals surface area contributed by atoms with E-state index >= 15 is 0 Å². The molecule has 0 atom stereocenters. The summed E-state index contributed by atoms with van der Waals surface area (Å²) in [6.45, 7) is 3.31. The van der Waals surface area contributed by atoms with Crippen molar-refractivity contribution in [1.82, 2.24) is 0 Å². The molecule has 0 aliphatic carbocycles. The molecule has 0 aromatic rings. The smallest absolute Gasteiger partial charge is 0.264 e. The van der Waals surface area contributed by atoms with Gasteiger partial charge in [-0.3, -0.25) is 4.55 Å². The van der Waals surface area contributed by atoms with Crippen LogP contribution in [-0.4, -0.2) is 58.4 Å². The molecule has 12 heavy (non-hydrogen) atoms. The summed E-state index contributed by atoms with van der Waals surface area (Å²) >= 11 is 1.27. The number of rotatable bonds is 4. The van der Waals surface area contributed by atoms with Crippen molar-refractivity contribution in [2.75, 3.05) is 12.4 Å². The van der Waals surface area contributed by atoms with Gasteiger partial charge in [-0.05, 0) is 6.42 Å². The van der Waals surface area contributed by atoms with Crippen LogP contribution in [-0.2, 0) is 10.1 Å². The summed E-state index contributed by atoms with van der Waals surface area (Å²) < 4.78 is 28.9. The quantitative estimate of drug-likeness (QED) is 0.384. The largest absolute Gasteiger partial charge is 0.396 e. The molecule has 2 N–H and O–H groups in total. The van der Waals surface area contributed by atoms with Crippen molar-refractivity contribution in [1.29, 1.82) is 0 Å². The fraction of sp³-hybridized carbons (Fsp3) is 0.667. The zero-order chi connectivity index (χ0) is 10.0. The van der Waals surface area contributed by atoms with Crippen LogP contribution in [0.2, 0.25) is 3.67 Å². The summed E-state index contributed by atoms with van der Waals surface area (Å²) in [5, 5.41) is 8.05. The number of aliphatic hydroxyl groups excluding tert-OH is 1. The van der Waals surface area contributed by atoms with Crippen molar-refractivity contribution in [3.63, 3.8) is 0 Å². The van der Waals surface area contributed by atoms with Crippen LogP contribution >= 0.6 is 0 Å². The van der Waals surface area contributed by atoms with E-state index < -0.39 is 10.1 Å². The van der Waals surface area contributed by atoms with Crippen molar-refractivity contribution < 1.29 is 18.1 Å². The van der Waals surface area contributed by atoms with Crippen LogP contribution in [0.3, 0.4) is 0 Å². The molecular formula is C6H13NaO4S. The van der Waals surface area contributed by atoms with Crippen LogP contribution in [0.15, 0.2) is 12.7 Å². The van der Waals surface area contributed by atoms with Gasteiger partial charge in [0, 0.05) is 6.61 Å². The topological polar surface area (TPSA) is 74.6 Å². The van der Waals surface area contributed by atoms with Gasteiger partial charge in [-0.2, -0.15) is 8.42 Å². The second-order valence-electron chi connectivity index (χ2n) is 2.06. The van der Waals surface area contributed by atoms with E-state index in [-0.39, 0.29) is 18.8 Å². The van der Waals surface area contributed by atoms with E-state index in [2.05, 4.69) is 6.58 Å². The molecule has 0 fully saturated rings. The summed E-state index contributed by atoms with van der Waals surface area (Å²) in [5.41, 5.74) is 0. The SMILES string of the molecule is C=C[CH2][Na].O=S(=O)(O)CCCO. The first kappa shape index (κ1) is 15.1. The monoisotopic (exact) mass is 204 g/mol. The molecule has 0 unspecified atom stereocenters. The molecule has 0 rings (SSSR count). The maximum Gasteiger partial charge on any atom is 0.264 e. The first-order valence-electron chi connectivity index (χ1n) is 3.64. The van der Waals surface area contributed by atoms with Crippen LogP contribution in [0.25, 0.3) is 0 Å². The summed E-state index contributed by atoms with van der Waals surface area (Å²) in [7, 11) is -3.85. The maximum absolute atomic E-state index is 9.83. The summed E-state index contributed by atoms with van der Waals surface area (Å²) in [6.07, 6.45) is 2.03. The van der Waals surface area contributed by atoms with Gasteiger partial charge < -0.3 is 5.11 Å².